The number of nitrogens with one attached hydrogen (secondary N) is 1. The van der Waals surface area contributed by atoms with Crippen molar-refractivity contribution in [2.24, 2.45) is 0 Å². The summed E-state index contributed by atoms with van der Waals surface area (Å²) >= 11 is 0. The molecular weight excluding hydrogens is 240 g/mol. The maximum Gasteiger partial charge on any atom is 0.232 e. The van der Waals surface area contributed by atoms with Crippen LogP contribution < -0.4 is 5.32 Å². The molecule has 0 bridgehead atoms. The first-order valence-electron chi connectivity index (χ1n) is 6.64. The molecule has 1 fully saturated rings. The highest BCUT2D eigenvalue weighted by molar-refractivity contribution is 6.13. The highest BCUT2D eigenvalue weighted by atomic mass is 16.2. The highest BCUT2D eigenvalue weighted by Crippen LogP contribution is 2.27. The third-order valence-electron chi connectivity index (χ3n) is 3.60. The van der Waals surface area contributed by atoms with Gasteiger partial charge < -0.3 is 5.32 Å². The molecule has 1 N–H and O–H groups in total. The number of rotatable bonds is 2. The van der Waals surface area contributed by atoms with Crippen LogP contribution in [0.1, 0.15) is 29.6 Å². The molecule has 4 nitrogen and oxygen atoms in total. The summed E-state index contributed by atoms with van der Waals surface area (Å²) in [7, 11) is 0. The van der Waals surface area contributed by atoms with Gasteiger partial charge in [-0.3, -0.25) is 14.5 Å². The number of hydrogen-bond acceptors (Lipinski definition) is 3. The summed E-state index contributed by atoms with van der Waals surface area (Å²) in [6.45, 7) is 1.54. The minimum Gasteiger partial charge on any atom is -0.371 e. The molecule has 1 aromatic rings. The fourth-order valence-corrected chi connectivity index (χ4v) is 2.61. The van der Waals surface area contributed by atoms with Crippen LogP contribution in [-0.2, 0) is 4.79 Å². The van der Waals surface area contributed by atoms with Crippen LogP contribution >= 0.6 is 0 Å². The first-order valence-corrected chi connectivity index (χ1v) is 6.64. The van der Waals surface area contributed by atoms with Gasteiger partial charge in [0.25, 0.3) is 0 Å². The van der Waals surface area contributed by atoms with Crippen LogP contribution in [0.4, 0.5) is 0 Å². The second-order valence-corrected chi connectivity index (χ2v) is 4.88. The average Bonchev–Trinajstić information content (AvgIpc) is 2.65. The van der Waals surface area contributed by atoms with Gasteiger partial charge in [0.1, 0.15) is 5.82 Å². The molecule has 0 atom stereocenters. The van der Waals surface area contributed by atoms with E-state index in [-0.39, 0.29) is 18.1 Å². The van der Waals surface area contributed by atoms with Crippen LogP contribution in [0.15, 0.2) is 41.7 Å². The van der Waals surface area contributed by atoms with Gasteiger partial charge in [0.15, 0.2) is 5.78 Å². The van der Waals surface area contributed by atoms with E-state index in [0.717, 1.165) is 25.2 Å². The molecule has 2 heterocycles. The smallest absolute Gasteiger partial charge is 0.232 e. The summed E-state index contributed by atoms with van der Waals surface area (Å²) in [4.78, 5) is 26.2. The molecule has 1 amide bonds. The van der Waals surface area contributed by atoms with E-state index in [0.29, 0.717) is 17.7 Å². The van der Waals surface area contributed by atoms with Crippen molar-refractivity contribution in [1.29, 1.82) is 0 Å². The summed E-state index contributed by atoms with van der Waals surface area (Å²) in [5, 5.41) is 3.24. The van der Waals surface area contributed by atoms with Crippen molar-refractivity contribution in [1.82, 2.24) is 10.2 Å². The fourth-order valence-electron chi connectivity index (χ4n) is 2.61. The lowest BCUT2D eigenvalue weighted by Crippen LogP contribution is -2.30. The number of amides is 1. The molecule has 0 spiro atoms. The van der Waals surface area contributed by atoms with E-state index in [4.69, 9.17) is 0 Å². The lowest BCUT2D eigenvalue weighted by Gasteiger charge is -2.17. The van der Waals surface area contributed by atoms with Gasteiger partial charge in [0.2, 0.25) is 5.91 Å². The van der Waals surface area contributed by atoms with Crippen LogP contribution in [0.3, 0.4) is 0 Å². The summed E-state index contributed by atoms with van der Waals surface area (Å²) in [6, 6.07) is 9.14. The van der Waals surface area contributed by atoms with Gasteiger partial charge >= 0.3 is 0 Å². The number of hydrogen-bond donors (Lipinski definition) is 1. The Morgan fingerprint density at radius 3 is 2.74 bits per heavy atom. The van der Waals surface area contributed by atoms with Crippen LogP contribution in [-0.4, -0.2) is 29.7 Å². The lowest BCUT2D eigenvalue weighted by molar-refractivity contribution is -0.127. The first-order chi connectivity index (χ1) is 9.27. The monoisotopic (exact) mass is 256 g/mol. The molecule has 1 saturated heterocycles. The van der Waals surface area contributed by atoms with Gasteiger partial charge in [-0.15, -0.1) is 0 Å². The Balaban J connectivity index is 1.96. The number of fused-ring (bicyclic) bond motifs is 1. The molecule has 0 unspecified atom stereocenters. The molecule has 0 saturated carbocycles. The van der Waals surface area contributed by atoms with Crippen molar-refractivity contribution in [3.05, 3.63) is 47.3 Å². The predicted molar refractivity (Wildman–Crippen MR) is 71.4 cm³/mol. The third kappa shape index (κ3) is 2.14. The fraction of sp³-hybridized carbons (Fsp3) is 0.333. The zero-order valence-corrected chi connectivity index (χ0v) is 10.7. The number of carbonyl (C=O) groups is 2. The van der Waals surface area contributed by atoms with Gasteiger partial charge in [-0.25, -0.2) is 0 Å². The van der Waals surface area contributed by atoms with Gasteiger partial charge in [0, 0.05) is 18.7 Å². The zero-order chi connectivity index (χ0) is 13.2. The Morgan fingerprint density at radius 2 is 1.95 bits per heavy atom. The van der Waals surface area contributed by atoms with Crippen LogP contribution in [0.2, 0.25) is 0 Å². The molecule has 0 aromatic heterocycles. The number of nitrogens with zero attached hydrogens (tertiary/aromatic N) is 1. The largest absolute Gasteiger partial charge is 0.371 e. The van der Waals surface area contributed by atoms with Gasteiger partial charge in [-0.2, -0.15) is 0 Å². The molecule has 1 aromatic carbocycles. The van der Waals surface area contributed by atoms with Crippen molar-refractivity contribution < 1.29 is 9.59 Å². The molecule has 19 heavy (non-hydrogen) atoms. The number of carbonyl (C=O) groups excluding carboxylic acids is 2. The van der Waals surface area contributed by atoms with Crippen molar-refractivity contribution in [2.75, 3.05) is 13.1 Å². The highest BCUT2D eigenvalue weighted by Gasteiger charge is 2.34. The molecule has 0 radical (unpaired) electrons. The topological polar surface area (TPSA) is 49.4 Å². The summed E-state index contributed by atoms with van der Waals surface area (Å²) in [6.07, 6.45) is 2.23. The Morgan fingerprint density at radius 1 is 1.16 bits per heavy atom. The second kappa shape index (κ2) is 4.88. The molecule has 0 aliphatic carbocycles. The van der Waals surface area contributed by atoms with E-state index in [1.54, 1.807) is 17.0 Å². The minimum atomic E-state index is -0.0409. The van der Waals surface area contributed by atoms with E-state index in [2.05, 4.69) is 5.32 Å². The molecule has 98 valence electrons. The van der Waals surface area contributed by atoms with Crippen molar-refractivity contribution >= 4 is 11.7 Å². The van der Waals surface area contributed by atoms with Crippen LogP contribution in [0.5, 0.6) is 0 Å². The SMILES string of the molecule is O=C(C1=C2NCCCCN2C(=O)C1)c1ccccc1. The van der Waals surface area contributed by atoms with Gasteiger partial charge in [-0.05, 0) is 12.8 Å². The van der Waals surface area contributed by atoms with E-state index in [1.165, 1.54) is 0 Å². The Bertz CT molecular complexity index is 549. The first kappa shape index (κ1) is 12.0. The number of ketones is 1. The zero-order valence-electron chi connectivity index (χ0n) is 10.7. The van der Waals surface area contributed by atoms with E-state index in [1.807, 2.05) is 18.2 Å². The quantitative estimate of drug-likeness (QED) is 0.819. The average molecular weight is 256 g/mol. The van der Waals surface area contributed by atoms with E-state index >= 15 is 0 Å². The molecule has 2 aliphatic rings. The summed E-state index contributed by atoms with van der Waals surface area (Å²) in [5.41, 5.74) is 1.25. The molecule has 3 rings (SSSR count). The predicted octanol–water partition coefficient (Wildman–Crippen LogP) is 1.70. The molecule has 4 heteroatoms. The number of Topliss-reactive ketones (excluding diaryl/α,β-unsaturated/α-hetero) is 1. The Kier molecular flexibility index (Phi) is 3.07. The minimum absolute atomic E-state index is 0.0312. The lowest BCUT2D eigenvalue weighted by atomic mass is 10.0. The summed E-state index contributed by atoms with van der Waals surface area (Å²) in [5.74, 6) is 0.723. The van der Waals surface area contributed by atoms with Gasteiger partial charge in [0.05, 0.1) is 12.0 Å². The van der Waals surface area contributed by atoms with Crippen LogP contribution in [0.25, 0.3) is 0 Å². The Hall–Kier alpha value is -2.10. The van der Waals surface area contributed by atoms with E-state index in [9.17, 15) is 9.59 Å². The standard InChI is InChI=1S/C15H16N2O2/c18-13-10-12(14(19)11-6-2-1-3-7-11)15-16-8-4-5-9-17(13)15/h1-3,6-7,16H,4-5,8-10H2. The van der Waals surface area contributed by atoms with Crippen molar-refractivity contribution in [3.63, 3.8) is 0 Å². The normalized spacial score (nSPS) is 18.9. The Labute approximate surface area is 112 Å². The van der Waals surface area contributed by atoms with Crippen LogP contribution in [0, 0.1) is 0 Å². The van der Waals surface area contributed by atoms with Crippen molar-refractivity contribution in [3.8, 4) is 0 Å². The molecule has 2 aliphatic heterocycles. The van der Waals surface area contributed by atoms with E-state index < -0.39 is 0 Å². The molecular formula is C15H16N2O2. The second-order valence-electron chi connectivity index (χ2n) is 4.88. The maximum atomic E-state index is 12.5. The third-order valence-corrected chi connectivity index (χ3v) is 3.60. The maximum absolute atomic E-state index is 12.5. The van der Waals surface area contributed by atoms with Gasteiger partial charge in [-0.1, -0.05) is 30.3 Å². The van der Waals surface area contributed by atoms with Crippen molar-refractivity contribution in [2.45, 2.75) is 19.3 Å². The summed E-state index contributed by atoms with van der Waals surface area (Å²) < 4.78 is 0. The number of benzene rings is 1.